The zero-order chi connectivity index (χ0) is 21.3. The van der Waals surface area contributed by atoms with Crippen LogP contribution in [0.1, 0.15) is 32.3 Å². The summed E-state index contributed by atoms with van der Waals surface area (Å²) in [5, 5.41) is 3.41. The Morgan fingerprint density at radius 1 is 1.06 bits per heavy atom. The Labute approximate surface area is 204 Å². The molecular weight excluding hydrogens is 505 g/mol. The minimum Gasteiger partial charge on any atom is -0.489 e. The number of ether oxygens (including phenoxy) is 1. The number of rotatable bonds is 7. The number of hydrogen-bond acceptors (Lipinski definition) is 4. The lowest BCUT2D eigenvalue weighted by molar-refractivity contribution is -0.131. The third kappa shape index (κ3) is 8.14. The number of nitrogens with one attached hydrogen (secondary N) is 1. The van der Waals surface area contributed by atoms with Gasteiger partial charge >= 0.3 is 0 Å². The molecule has 2 heterocycles. The number of carbonyl (C=O) groups is 1. The summed E-state index contributed by atoms with van der Waals surface area (Å²) in [6.07, 6.45) is 2.29. The Morgan fingerprint density at radius 3 is 2.32 bits per heavy atom. The van der Waals surface area contributed by atoms with Crippen LogP contribution in [0.2, 0.25) is 0 Å². The molecular formula is C23H38IN5O2. The Hall–Kier alpha value is -1.55. The molecule has 2 aliphatic rings. The molecule has 1 aromatic carbocycles. The number of aryl methyl sites for hydroxylation is 1. The maximum absolute atomic E-state index is 12.4. The molecule has 0 spiro atoms. The van der Waals surface area contributed by atoms with Crippen molar-refractivity contribution in [3.8, 4) is 5.75 Å². The second-order valence-corrected chi connectivity index (χ2v) is 8.29. The van der Waals surface area contributed by atoms with Gasteiger partial charge in [-0.1, -0.05) is 17.7 Å². The number of aliphatic imine (C=N–C) groups is 1. The van der Waals surface area contributed by atoms with Crippen LogP contribution in [-0.4, -0.2) is 91.6 Å². The number of benzene rings is 1. The van der Waals surface area contributed by atoms with Crippen molar-refractivity contribution in [2.75, 3.05) is 58.9 Å². The van der Waals surface area contributed by atoms with Gasteiger partial charge in [-0.05, 0) is 45.7 Å². The summed E-state index contributed by atoms with van der Waals surface area (Å²) < 4.78 is 5.99. The van der Waals surface area contributed by atoms with Crippen LogP contribution < -0.4 is 10.1 Å². The maximum atomic E-state index is 12.4. The molecule has 0 aromatic heterocycles. The van der Waals surface area contributed by atoms with Crippen LogP contribution in [0, 0.1) is 6.92 Å². The van der Waals surface area contributed by atoms with Gasteiger partial charge in [0.25, 0.3) is 0 Å². The number of hydrogen-bond donors (Lipinski definition) is 1. The van der Waals surface area contributed by atoms with E-state index >= 15 is 0 Å². The summed E-state index contributed by atoms with van der Waals surface area (Å²) in [5.74, 6) is 2.09. The first-order valence-electron chi connectivity index (χ1n) is 11.3. The van der Waals surface area contributed by atoms with E-state index in [2.05, 4.69) is 48.0 Å². The second kappa shape index (κ2) is 13.1. The molecule has 174 valence electrons. The highest BCUT2D eigenvalue weighted by Gasteiger charge is 2.24. The van der Waals surface area contributed by atoms with E-state index in [-0.39, 0.29) is 36.0 Å². The van der Waals surface area contributed by atoms with Crippen molar-refractivity contribution in [2.45, 2.75) is 39.7 Å². The lowest BCUT2D eigenvalue weighted by Crippen LogP contribution is -2.54. The van der Waals surface area contributed by atoms with Crippen molar-refractivity contribution in [2.24, 2.45) is 4.99 Å². The van der Waals surface area contributed by atoms with Crippen molar-refractivity contribution >= 4 is 35.8 Å². The summed E-state index contributed by atoms with van der Waals surface area (Å²) in [6.45, 7) is 13.6. The zero-order valence-corrected chi connectivity index (χ0v) is 21.5. The summed E-state index contributed by atoms with van der Waals surface area (Å²) in [7, 11) is 0. The van der Waals surface area contributed by atoms with Gasteiger partial charge in [-0.3, -0.25) is 9.69 Å². The molecule has 1 aromatic rings. The van der Waals surface area contributed by atoms with Gasteiger partial charge in [0, 0.05) is 45.8 Å². The smallest absolute Gasteiger partial charge is 0.236 e. The summed E-state index contributed by atoms with van der Waals surface area (Å²) in [5.41, 5.74) is 1.23. The topological polar surface area (TPSA) is 60.4 Å². The number of amides is 1. The Kier molecular flexibility index (Phi) is 10.9. The monoisotopic (exact) mass is 543 g/mol. The average Bonchev–Trinajstić information content (AvgIpc) is 3.29. The van der Waals surface area contributed by atoms with E-state index in [0.717, 1.165) is 70.4 Å². The Morgan fingerprint density at radius 2 is 1.71 bits per heavy atom. The van der Waals surface area contributed by atoms with Gasteiger partial charge in [-0.15, -0.1) is 24.0 Å². The first kappa shape index (κ1) is 25.7. The third-order valence-electron chi connectivity index (χ3n) is 5.68. The standard InChI is InChI=1S/C23H37N5O2.HI/c1-4-24-23(25-17-20(3)30-21-9-7-19(2)8-10-21)28-15-13-26(14-16-28)18-22(29)27-11-5-6-12-27;/h7-10,20H,4-6,11-18H2,1-3H3,(H,24,25);1H. The molecule has 2 saturated heterocycles. The molecule has 0 bridgehead atoms. The van der Waals surface area contributed by atoms with Gasteiger partial charge < -0.3 is 19.9 Å². The highest BCUT2D eigenvalue weighted by molar-refractivity contribution is 14.0. The minimum atomic E-state index is 0. The quantitative estimate of drug-likeness (QED) is 0.326. The van der Waals surface area contributed by atoms with Gasteiger partial charge in [-0.25, -0.2) is 4.99 Å². The predicted molar refractivity (Wildman–Crippen MR) is 136 cm³/mol. The second-order valence-electron chi connectivity index (χ2n) is 8.29. The molecule has 1 N–H and O–H groups in total. The van der Waals surface area contributed by atoms with Crippen LogP contribution in [0.25, 0.3) is 0 Å². The largest absolute Gasteiger partial charge is 0.489 e. The number of halogens is 1. The molecule has 2 fully saturated rings. The first-order valence-corrected chi connectivity index (χ1v) is 11.3. The van der Waals surface area contributed by atoms with Crippen molar-refractivity contribution in [1.82, 2.24) is 20.0 Å². The number of carbonyl (C=O) groups excluding carboxylic acids is 1. The fourth-order valence-electron chi connectivity index (χ4n) is 3.90. The highest BCUT2D eigenvalue weighted by atomic mass is 127. The van der Waals surface area contributed by atoms with Gasteiger partial charge in [-0.2, -0.15) is 0 Å². The molecule has 1 amide bonds. The zero-order valence-electron chi connectivity index (χ0n) is 19.2. The molecule has 0 radical (unpaired) electrons. The fraction of sp³-hybridized carbons (Fsp3) is 0.652. The molecule has 3 rings (SSSR count). The van der Waals surface area contributed by atoms with Crippen LogP contribution in [0.5, 0.6) is 5.75 Å². The Bertz CT molecular complexity index is 698. The molecule has 0 aliphatic carbocycles. The summed E-state index contributed by atoms with van der Waals surface area (Å²) in [6, 6.07) is 8.12. The Balaban J connectivity index is 0.00000341. The van der Waals surface area contributed by atoms with Crippen LogP contribution in [0.3, 0.4) is 0 Å². The van der Waals surface area contributed by atoms with E-state index in [1.54, 1.807) is 0 Å². The van der Waals surface area contributed by atoms with Crippen molar-refractivity contribution < 1.29 is 9.53 Å². The number of guanidine groups is 1. The third-order valence-corrected chi connectivity index (χ3v) is 5.68. The summed E-state index contributed by atoms with van der Waals surface area (Å²) in [4.78, 5) is 23.8. The average molecular weight is 543 g/mol. The van der Waals surface area contributed by atoms with Crippen LogP contribution in [0.15, 0.2) is 29.3 Å². The van der Waals surface area contributed by atoms with Crippen molar-refractivity contribution in [3.63, 3.8) is 0 Å². The molecule has 1 atom stereocenters. The lowest BCUT2D eigenvalue weighted by Gasteiger charge is -2.36. The van der Waals surface area contributed by atoms with E-state index in [1.807, 2.05) is 17.0 Å². The van der Waals surface area contributed by atoms with E-state index < -0.39 is 0 Å². The minimum absolute atomic E-state index is 0. The normalized spacial score (nSPS) is 18.5. The number of likely N-dealkylation sites (tertiary alicyclic amines) is 1. The highest BCUT2D eigenvalue weighted by Crippen LogP contribution is 2.14. The van der Waals surface area contributed by atoms with Gasteiger partial charge in [0.1, 0.15) is 11.9 Å². The molecule has 0 saturated carbocycles. The van der Waals surface area contributed by atoms with Gasteiger partial charge in [0.05, 0.1) is 13.1 Å². The van der Waals surface area contributed by atoms with Crippen molar-refractivity contribution in [3.05, 3.63) is 29.8 Å². The van der Waals surface area contributed by atoms with E-state index in [0.29, 0.717) is 13.1 Å². The summed E-state index contributed by atoms with van der Waals surface area (Å²) >= 11 is 0. The molecule has 8 heteroatoms. The molecule has 1 unspecified atom stereocenters. The van der Waals surface area contributed by atoms with Crippen LogP contribution in [-0.2, 0) is 4.79 Å². The van der Waals surface area contributed by atoms with Crippen molar-refractivity contribution in [1.29, 1.82) is 0 Å². The van der Waals surface area contributed by atoms with E-state index in [4.69, 9.17) is 9.73 Å². The van der Waals surface area contributed by atoms with E-state index in [1.165, 1.54) is 5.56 Å². The van der Waals surface area contributed by atoms with Crippen LogP contribution >= 0.6 is 24.0 Å². The van der Waals surface area contributed by atoms with Crippen LogP contribution in [0.4, 0.5) is 0 Å². The number of nitrogens with zero attached hydrogens (tertiary/aromatic N) is 4. The predicted octanol–water partition coefficient (Wildman–Crippen LogP) is 2.59. The fourth-order valence-corrected chi connectivity index (χ4v) is 3.90. The molecule has 31 heavy (non-hydrogen) atoms. The van der Waals surface area contributed by atoms with Gasteiger partial charge in [0.2, 0.25) is 5.91 Å². The maximum Gasteiger partial charge on any atom is 0.236 e. The van der Waals surface area contributed by atoms with E-state index in [9.17, 15) is 4.79 Å². The number of piperazine rings is 1. The lowest BCUT2D eigenvalue weighted by atomic mass is 10.2. The van der Waals surface area contributed by atoms with Gasteiger partial charge in [0.15, 0.2) is 5.96 Å². The first-order chi connectivity index (χ1) is 14.5. The molecule has 2 aliphatic heterocycles. The molecule has 7 nitrogen and oxygen atoms in total. The SMILES string of the molecule is CCNC(=NCC(C)Oc1ccc(C)cc1)N1CCN(CC(=O)N2CCCC2)CC1.I.